The Hall–Kier alpha value is -2.27. The fourth-order valence-electron chi connectivity index (χ4n) is 1.70. The van der Waals surface area contributed by atoms with Gasteiger partial charge in [-0.1, -0.05) is 24.3 Å². The number of pyridine rings is 1. The zero-order valence-electron chi connectivity index (χ0n) is 11.0. The van der Waals surface area contributed by atoms with Gasteiger partial charge >= 0.3 is 0 Å². The highest BCUT2D eigenvalue weighted by atomic mass is 19.1. The number of carbonyl (C=O) groups excluding carboxylic acids is 1. The summed E-state index contributed by atoms with van der Waals surface area (Å²) >= 11 is 0. The van der Waals surface area contributed by atoms with Crippen molar-refractivity contribution in [1.29, 1.82) is 0 Å². The number of aromatic nitrogens is 1. The molecule has 2 rings (SSSR count). The van der Waals surface area contributed by atoms with Crippen LogP contribution in [0.2, 0.25) is 0 Å². The van der Waals surface area contributed by atoms with E-state index in [0.29, 0.717) is 12.1 Å². The van der Waals surface area contributed by atoms with Crippen molar-refractivity contribution >= 4 is 5.91 Å². The molecule has 0 saturated carbocycles. The van der Waals surface area contributed by atoms with Crippen molar-refractivity contribution in [2.75, 3.05) is 6.54 Å². The summed E-state index contributed by atoms with van der Waals surface area (Å²) in [4.78, 5) is 15.7. The molecule has 0 aliphatic carbocycles. The molecule has 104 valence electrons. The Labute approximate surface area is 117 Å². The Morgan fingerprint density at radius 2 is 1.90 bits per heavy atom. The lowest BCUT2D eigenvalue weighted by Crippen LogP contribution is -2.33. The van der Waals surface area contributed by atoms with E-state index in [0.717, 1.165) is 5.69 Å². The number of benzene rings is 1. The summed E-state index contributed by atoms with van der Waals surface area (Å²) in [6.07, 6.45) is 1.70. The Balaban J connectivity index is 1.70. The average Bonchev–Trinajstić information content (AvgIpc) is 2.47. The minimum absolute atomic E-state index is 0.172. The number of nitrogens with zero attached hydrogens (tertiary/aromatic N) is 1. The van der Waals surface area contributed by atoms with E-state index in [-0.39, 0.29) is 24.8 Å². The molecule has 0 saturated heterocycles. The zero-order chi connectivity index (χ0) is 14.2. The largest absolute Gasteiger partial charge is 0.351 e. The van der Waals surface area contributed by atoms with Crippen molar-refractivity contribution in [3.8, 4) is 0 Å². The molecule has 5 heteroatoms. The standard InChI is InChI=1S/C15H16FN3O/c16-14-7-2-1-5-12(14)9-19-15(20)11-17-10-13-6-3-4-8-18-13/h1-8,17H,9-11H2,(H,19,20). The highest BCUT2D eigenvalue weighted by Gasteiger charge is 2.04. The smallest absolute Gasteiger partial charge is 0.234 e. The highest BCUT2D eigenvalue weighted by Crippen LogP contribution is 2.05. The molecule has 2 N–H and O–H groups in total. The number of amides is 1. The van der Waals surface area contributed by atoms with Gasteiger partial charge in [0.2, 0.25) is 5.91 Å². The molecule has 0 spiro atoms. The van der Waals surface area contributed by atoms with Gasteiger partial charge in [-0.25, -0.2) is 4.39 Å². The summed E-state index contributed by atoms with van der Waals surface area (Å²) in [5.41, 5.74) is 1.35. The second kappa shape index (κ2) is 7.35. The zero-order valence-corrected chi connectivity index (χ0v) is 11.0. The molecule has 0 radical (unpaired) electrons. The monoisotopic (exact) mass is 273 g/mol. The number of halogens is 1. The third kappa shape index (κ3) is 4.44. The Kier molecular flexibility index (Phi) is 5.20. The Bertz CT molecular complexity index is 560. The van der Waals surface area contributed by atoms with E-state index < -0.39 is 0 Å². The van der Waals surface area contributed by atoms with Crippen molar-refractivity contribution in [2.45, 2.75) is 13.1 Å². The molecule has 0 bridgehead atoms. The van der Waals surface area contributed by atoms with Crippen molar-refractivity contribution in [1.82, 2.24) is 15.6 Å². The quantitative estimate of drug-likeness (QED) is 0.841. The van der Waals surface area contributed by atoms with Gasteiger partial charge < -0.3 is 10.6 Å². The molecule has 1 aromatic heterocycles. The molecule has 0 aliphatic rings. The predicted octanol–water partition coefficient (Wildman–Crippen LogP) is 1.63. The molecule has 0 unspecified atom stereocenters. The van der Waals surface area contributed by atoms with E-state index in [9.17, 15) is 9.18 Å². The van der Waals surface area contributed by atoms with Gasteiger partial charge in [-0.05, 0) is 18.2 Å². The van der Waals surface area contributed by atoms with Gasteiger partial charge in [-0.15, -0.1) is 0 Å². The molecule has 1 amide bonds. The number of rotatable bonds is 6. The first-order valence-electron chi connectivity index (χ1n) is 6.36. The van der Waals surface area contributed by atoms with E-state index in [1.165, 1.54) is 6.07 Å². The molecule has 1 aromatic carbocycles. The lowest BCUT2D eigenvalue weighted by atomic mass is 10.2. The third-order valence-corrected chi connectivity index (χ3v) is 2.75. The lowest BCUT2D eigenvalue weighted by molar-refractivity contribution is -0.120. The molecular weight excluding hydrogens is 257 g/mol. The number of hydrogen-bond acceptors (Lipinski definition) is 3. The van der Waals surface area contributed by atoms with E-state index in [1.807, 2.05) is 18.2 Å². The number of nitrogens with one attached hydrogen (secondary N) is 2. The predicted molar refractivity (Wildman–Crippen MR) is 74.2 cm³/mol. The summed E-state index contributed by atoms with van der Waals surface area (Å²) in [6, 6.07) is 12.0. The van der Waals surface area contributed by atoms with Crippen LogP contribution in [0.3, 0.4) is 0 Å². The summed E-state index contributed by atoms with van der Waals surface area (Å²) in [7, 11) is 0. The number of hydrogen-bond donors (Lipinski definition) is 2. The summed E-state index contributed by atoms with van der Waals surface area (Å²) in [5.74, 6) is -0.488. The molecule has 2 aromatic rings. The van der Waals surface area contributed by atoms with Crippen molar-refractivity contribution in [3.05, 3.63) is 65.7 Å². The molecule has 1 heterocycles. The van der Waals surface area contributed by atoms with Gasteiger partial charge in [0.05, 0.1) is 12.2 Å². The Morgan fingerprint density at radius 1 is 1.10 bits per heavy atom. The normalized spacial score (nSPS) is 10.2. The van der Waals surface area contributed by atoms with Crippen molar-refractivity contribution in [2.24, 2.45) is 0 Å². The third-order valence-electron chi connectivity index (χ3n) is 2.75. The van der Waals surface area contributed by atoms with E-state index in [4.69, 9.17) is 0 Å². The van der Waals surface area contributed by atoms with Gasteiger partial charge in [0.25, 0.3) is 0 Å². The minimum Gasteiger partial charge on any atom is -0.351 e. The van der Waals surface area contributed by atoms with Crippen LogP contribution >= 0.6 is 0 Å². The second-order valence-corrected chi connectivity index (χ2v) is 4.29. The fourth-order valence-corrected chi connectivity index (χ4v) is 1.70. The number of carbonyl (C=O) groups is 1. The molecule has 4 nitrogen and oxygen atoms in total. The maximum atomic E-state index is 13.3. The SMILES string of the molecule is O=C(CNCc1ccccn1)NCc1ccccc1F. The van der Waals surface area contributed by atoms with Gasteiger partial charge in [0.15, 0.2) is 0 Å². The Morgan fingerprint density at radius 3 is 2.65 bits per heavy atom. The van der Waals surface area contributed by atoms with Gasteiger partial charge in [-0.3, -0.25) is 9.78 Å². The summed E-state index contributed by atoms with van der Waals surface area (Å²) < 4.78 is 13.3. The first-order chi connectivity index (χ1) is 9.75. The lowest BCUT2D eigenvalue weighted by Gasteiger charge is -2.07. The van der Waals surface area contributed by atoms with Crippen LogP contribution in [0.15, 0.2) is 48.7 Å². The van der Waals surface area contributed by atoms with Crippen LogP contribution in [0.25, 0.3) is 0 Å². The van der Waals surface area contributed by atoms with Gasteiger partial charge in [-0.2, -0.15) is 0 Å². The summed E-state index contributed by atoms with van der Waals surface area (Å²) in [6.45, 7) is 0.885. The van der Waals surface area contributed by atoms with Crippen LogP contribution in [0.5, 0.6) is 0 Å². The summed E-state index contributed by atoms with van der Waals surface area (Å²) in [5, 5.41) is 5.65. The van der Waals surface area contributed by atoms with Crippen LogP contribution in [-0.2, 0) is 17.9 Å². The van der Waals surface area contributed by atoms with E-state index in [1.54, 1.807) is 24.4 Å². The maximum Gasteiger partial charge on any atom is 0.234 e. The van der Waals surface area contributed by atoms with Crippen molar-refractivity contribution < 1.29 is 9.18 Å². The van der Waals surface area contributed by atoms with Crippen LogP contribution < -0.4 is 10.6 Å². The van der Waals surface area contributed by atoms with Crippen LogP contribution in [0.4, 0.5) is 4.39 Å². The van der Waals surface area contributed by atoms with Gasteiger partial charge in [0.1, 0.15) is 5.82 Å². The van der Waals surface area contributed by atoms with E-state index in [2.05, 4.69) is 15.6 Å². The van der Waals surface area contributed by atoms with E-state index >= 15 is 0 Å². The van der Waals surface area contributed by atoms with Gasteiger partial charge in [0, 0.05) is 24.8 Å². The van der Waals surface area contributed by atoms with Crippen LogP contribution in [-0.4, -0.2) is 17.4 Å². The fraction of sp³-hybridized carbons (Fsp3) is 0.200. The van der Waals surface area contributed by atoms with Crippen LogP contribution in [0.1, 0.15) is 11.3 Å². The topological polar surface area (TPSA) is 54.0 Å². The first-order valence-corrected chi connectivity index (χ1v) is 6.36. The second-order valence-electron chi connectivity index (χ2n) is 4.29. The average molecular weight is 273 g/mol. The molecule has 0 atom stereocenters. The molecular formula is C15H16FN3O. The van der Waals surface area contributed by atoms with Crippen LogP contribution in [0, 0.1) is 5.82 Å². The first kappa shape index (κ1) is 14.1. The molecule has 0 aliphatic heterocycles. The maximum absolute atomic E-state index is 13.3. The molecule has 20 heavy (non-hydrogen) atoms. The highest BCUT2D eigenvalue weighted by molar-refractivity contribution is 5.77. The van der Waals surface area contributed by atoms with Crippen molar-refractivity contribution in [3.63, 3.8) is 0 Å². The minimum atomic E-state index is -0.311. The molecule has 0 fully saturated rings.